The van der Waals surface area contributed by atoms with E-state index in [0.717, 1.165) is 24.2 Å². The minimum Gasteiger partial charge on any atom is -0.490 e. The van der Waals surface area contributed by atoms with Crippen molar-refractivity contribution in [2.24, 2.45) is 0 Å². The first-order valence-electron chi connectivity index (χ1n) is 13.6. The predicted octanol–water partition coefficient (Wildman–Crippen LogP) is 7.51. The zero-order valence-electron chi connectivity index (χ0n) is 23.2. The topological polar surface area (TPSA) is 86.7 Å². The number of carbonyl (C=O) groups excluding carboxylic acids is 1. The van der Waals surface area contributed by atoms with E-state index in [1.54, 1.807) is 17.0 Å². The lowest BCUT2D eigenvalue weighted by atomic mass is 10.1. The van der Waals surface area contributed by atoms with Gasteiger partial charge in [-0.3, -0.25) is 9.69 Å². The summed E-state index contributed by atoms with van der Waals surface area (Å²) in [6.07, 6.45) is 1.20. The maximum Gasteiger partial charge on any atom is 0.247 e. The molecule has 41 heavy (non-hydrogen) atoms. The van der Waals surface area contributed by atoms with Gasteiger partial charge in [0.1, 0.15) is 6.61 Å². The summed E-state index contributed by atoms with van der Waals surface area (Å²) in [4.78, 5) is 19.5. The molecule has 10 heteroatoms. The number of nitrogens with zero attached hydrogens (tertiary/aromatic N) is 4. The van der Waals surface area contributed by atoms with Crippen LogP contribution in [0.5, 0.6) is 17.4 Å². The van der Waals surface area contributed by atoms with E-state index in [1.165, 1.54) is 18.7 Å². The van der Waals surface area contributed by atoms with Crippen LogP contribution in [0.3, 0.4) is 0 Å². The van der Waals surface area contributed by atoms with Crippen LogP contribution in [0.4, 0.5) is 5.69 Å². The van der Waals surface area contributed by atoms with Gasteiger partial charge >= 0.3 is 0 Å². The Hall–Kier alpha value is -3.82. The Balaban J connectivity index is 1.58. The van der Waals surface area contributed by atoms with Crippen molar-refractivity contribution in [2.75, 3.05) is 17.3 Å². The average Bonchev–Trinajstić information content (AvgIpc) is 3.12. The van der Waals surface area contributed by atoms with E-state index < -0.39 is 6.23 Å². The number of fused-ring (bicyclic) bond motifs is 3. The second-order valence-electron chi connectivity index (χ2n) is 9.36. The molecule has 212 valence electrons. The number of ether oxygens (including phenoxy) is 3. The van der Waals surface area contributed by atoms with Crippen LogP contribution in [-0.2, 0) is 11.4 Å². The molecule has 1 aromatic heterocycles. The van der Waals surface area contributed by atoms with Crippen LogP contribution in [-0.4, -0.2) is 33.4 Å². The maximum absolute atomic E-state index is 13.2. The number of thioether (sulfide) groups is 1. The minimum absolute atomic E-state index is 0.223. The highest BCUT2D eigenvalue weighted by molar-refractivity contribution is 7.99. The highest BCUT2D eigenvalue weighted by Crippen LogP contribution is 2.46. The van der Waals surface area contributed by atoms with E-state index >= 15 is 0 Å². The van der Waals surface area contributed by atoms with Crippen LogP contribution in [0.2, 0.25) is 5.02 Å². The molecule has 0 N–H and O–H groups in total. The number of aromatic nitrogens is 3. The molecule has 5 rings (SSSR count). The number of benzene rings is 3. The van der Waals surface area contributed by atoms with Crippen molar-refractivity contribution in [1.82, 2.24) is 15.2 Å². The van der Waals surface area contributed by atoms with Crippen molar-refractivity contribution in [2.45, 2.75) is 51.6 Å². The fourth-order valence-electron chi connectivity index (χ4n) is 4.50. The van der Waals surface area contributed by atoms with Gasteiger partial charge in [0, 0.05) is 23.8 Å². The molecule has 1 aliphatic heterocycles. The average molecular weight is 591 g/mol. The molecule has 1 amide bonds. The first kappa shape index (κ1) is 28.7. The number of amides is 1. The third kappa shape index (κ3) is 6.41. The molecular formula is C31H31ClN4O4S. The third-order valence-electron chi connectivity index (χ3n) is 6.42. The summed E-state index contributed by atoms with van der Waals surface area (Å²) in [7, 11) is 0. The molecule has 3 aromatic carbocycles. The van der Waals surface area contributed by atoms with Crippen LogP contribution in [0.15, 0.2) is 71.9 Å². The Kier molecular flexibility index (Phi) is 9.26. The van der Waals surface area contributed by atoms with Gasteiger partial charge in [-0.05, 0) is 37.1 Å². The fraction of sp³-hybridized carbons (Fsp3) is 0.290. The van der Waals surface area contributed by atoms with Crippen molar-refractivity contribution in [3.05, 3.63) is 82.9 Å². The Bertz CT molecular complexity index is 1520. The smallest absolute Gasteiger partial charge is 0.247 e. The Labute approximate surface area is 249 Å². The molecule has 0 radical (unpaired) electrons. The second kappa shape index (κ2) is 13.2. The number of para-hydroxylation sites is 1. The molecule has 1 atom stereocenters. The van der Waals surface area contributed by atoms with Crippen LogP contribution >= 0.6 is 23.4 Å². The molecule has 0 aliphatic carbocycles. The lowest BCUT2D eigenvalue weighted by molar-refractivity contribution is -0.118. The Morgan fingerprint density at radius 1 is 1.05 bits per heavy atom. The molecule has 4 aromatic rings. The van der Waals surface area contributed by atoms with Gasteiger partial charge < -0.3 is 14.2 Å². The number of unbranched alkanes of at least 4 members (excludes halogenated alkanes) is 1. The van der Waals surface area contributed by atoms with Gasteiger partial charge in [0.2, 0.25) is 23.2 Å². The largest absolute Gasteiger partial charge is 0.490 e. The highest BCUT2D eigenvalue weighted by Gasteiger charge is 2.35. The number of hydrogen-bond donors (Lipinski definition) is 0. The zero-order valence-corrected chi connectivity index (χ0v) is 24.7. The normalized spacial score (nSPS) is 14.0. The van der Waals surface area contributed by atoms with Crippen LogP contribution in [0.1, 0.15) is 51.0 Å². The van der Waals surface area contributed by atoms with E-state index in [2.05, 4.69) is 17.1 Å². The van der Waals surface area contributed by atoms with E-state index in [4.69, 9.17) is 30.8 Å². The molecule has 0 saturated heterocycles. The summed E-state index contributed by atoms with van der Waals surface area (Å²) >= 11 is 8.34. The first-order chi connectivity index (χ1) is 20.0. The number of halogens is 1. The third-order valence-corrected chi connectivity index (χ3v) is 7.63. The van der Waals surface area contributed by atoms with Gasteiger partial charge in [0.05, 0.1) is 17.3 Å². The molecule has 0 bridgehead atoms. The second-order valence-corrected chi connectivity index (χ2v) is 10.8. The SMILES string of the molecule is CCCCSc1nnc2c(n1)O[C@@H](c1cc(Cl)c(OCc3ccccc3)c(OCC)c1)N(C(C)=O)c1ccccc1-2. The van der Waals surface area contributed by atoms with Crippen molar-refractivity contribution in [1.29, 1.82) is 0 Å². The summed E-state index contributed by atoms with van der Waals surface area (Å²) < 4.78 is 18.6. The van der Waals surface area contributed by atoms with E-state index in [0.29, 0.717) is 63.3 Å². The molecule has 0 saturated carbocycles. The van der Waals surface area contributed by atoms with E-state index in [1.807, 2.05) is 61.5 Å². The monoisotopic (exact) mass is 590 g/mol. The number of carbonyl (C=O) groups is 1. The van der Waals surface area contributed by atoms with Crippen molar-refractivity contribution >= 4 is 35.0 Å². The lowest BCUT2D eigenvalue weighted by Gasteiger charge is -2.30. The summed E-state index contributed by atoms with van der Waals surface area (Å²) in [5.41, 5.74) is 3.39. The lowest BCUT2D eigenvalue weighted by Crippen LogP contribution is -2.36. The standard InChI is InChI=1S/C31H31ClN4O4S/c1-4-6-16-41-31-33-29-27(34-35-31)23-14-10-11-15-25(23)36(20(3)37)30(40-29)22-17-24(32)28(26(18-22)38-5-2)39-19-21-12-8-7-9-13-21/h7-15,17-18,30H,4-6,16,19H2,1-3H3/t30-/m0/s1. The number of hydrogen-bond acceptors (Lipinski definition) is 8. The van der Waals surface area contributed by atoms with Crippen molar-refractivity contribution < 1.29 is 19.0 Å². The minimum atomic E-state index is -0.903. The maximum atomic E-state index is 13.2. The molecule has 1 aliphatic rings. The number of anilines is 1. The van der Waals surface area contributed by atoms with Crippen molar-refractivity contribution in [3.63, 3.8) is 0 Å². The van der Waals surface area contributed by atoms with E-state index in [-0.39, 0.29) is 5.91 Å². The van der Waals surface area contributed by atoms with Gasteiger partial charge in [0.25, 0.3) is 0 Å². The molecular weight excluding hydrogens is 560 g/mol. The van der Waals surface area contributed by atoms with Crippen LogP contribution in [0, 0.1) is 0 Å². The van der Waals surface area contributed by atoms with Crippen molar-refractivity contribution in [3.8, 4) is 28.6 Å². The first-order valence-corrected chi connectivity index (χ1v) is 14.9. The highest BCUT2D eigenvalue weighted by atomic mass is 35.5. The van der Waals surface area contributed by atoms with Gasteiger partial charge in [0.15, 0.2) is 17.2 Å². The molecule has 0 spiro atoms. The van der Waals surface area contributed by atoms with Gasteiger partial charge in [-0.1, -0.05) is 85.2 Å². The Morgan fingerprint density at radius 3 is 2.59 bits per heavy atom. The van der Waals surface area contributed by atoms with Gasteiger partial charge in [-0.15, -0.1) is 10.2 Å². The summed E-state index contributed by atoms with van der Waals surface area (Å²) in [6, 6.07) is 20.8. The van der Waals surface area contributed by atoms with Crippen LogP contribution < -0.4 is 19.1 Å². The quantitative estimate of drug-likeness (QED) is 0.139. The summed E-state index contributed by atoms with van der Waals surface area (Å²) in [5.74, 6) is 1.81. The molecule has 2 heterocycles. The number of rotatable bonds is 10. The summed E-state index contributed by atoms with van der Waals surface area (Å²) in [5, 5.41) is 9.68. The van der Waals surface area contributed by atoms with Gasteiger partial charge in [-0.2, -0.15) is 4.98 Å². The van der Waals surface area contributed by atoms with E-state index in [9.17, 15) is 4.79 Å². The zero-order chi connectivity index (χ0) is 28.8. The van der Waals surface area contributed by atoms with Crippen LogP contribution in [0.25, 0.3) is 11.3 Å². The molecule has 0 unspecified atom stereocenters. The predicted molar refractivity (Wildman–Crippen MR) is 161 cm³/mol. The Morgan fingerprint density at radius 2 is 1.83 bits per heavy atom. The van der Waals surface area contributed by atoms with Gasteiger partial charge in [-0.25, -0.2) is 0 Å². The summed E-state index contributed by atoms with van der Waals surface area (Å²) in [6.45, 7) is 6.23. The molecule has 8 nitrogen and oxygen atoms in total. The fourth-order valence-corrected chi connectivity index (χ4v) is 5.64. The molecule has 0 fully saturated rings.